The van der Waals surface area contributed by atoms with Crippen LogP contribution < -0.4 is 10.2 Å². The molecule has 1 aliphatic carbocycles. The summed E-state index contributed by atoms with van der Waals surface area (Å²) in [7, 11) is 4.19. The van der Waals surface area contributed by atoms with Gasteiger partial charge in [-0.3, -0.25) is 9.80 Å². The number of hydrogen-bond donors (Lipinski definition) is 1. The number of rotatable bonds is 4. The molecule has 1 aliphatic heterocycles. The lowest BCUT2D eigenvalue weighted by Crippen LogP contribution is -2.54. The third-order valence-electron chi connectivity index (χ3n) is 7.20. The second-order valence-corrected chi connectivity index (χ2v) is 9.38. The third-order valence-corrected chi connectivity index (χ3v) is 7.20. The zero-order chi connectivity index (χ0) is 24.8. The Hall–Kier alpha value is -3.54. The maximum Gasteiger partial charge on any atom is 0.436 e. The molecule has 0 unspecified atom stereocenters. The van der Waals surface area contributed by atoms with Gasteiger partial charge in [0.1, 0.15) is 0 Å². The van der Waals surface area contributed by atoms with E-state index in [9.17, 15) is 18.0 Å². The Labute approximate surface area is 200 Å². The summed E-state index contributed by atoms with van der Waals surface area (Å²) in [5.74, 6) is -0.0673. The van der Waals surface area contributed by atoms with Crippen LogP contribution in [0.1, 0.15) is 36.9 Å². The van der Waals surface area contributed by atoms with E-state index in [1.807, 2.05) is 6.07 Å². The van der Waals surface area contributed by atoms with Gasteiger partial charge in [0.05, 0.1) is 36.4 Å². The summed E-state index contributed by atoms with van der Waals surface area (Å²) in [6.07, 6.45) is 2.33. The lowest BCUT2D eigenvalue weighted by Gasteiger charge is -2.48. The highest BCUT2D eigenvalue weighted by Gasteiger charge is 2.50. The van der Waals surface area contributed by atoms with E-state index in [0.717, 1.165) is 36.6 Å². The normalized spacial score (nSPS) is 24.9. The van der Waals surface area contributed by atoms with Crippen molar-refractivity contribution in [3.05, 3.63) is 60.2 Å². The second kappa shape index (κ2) is 8.29. The van der Waals surface area contributed by atoms with Crippen LogP contribution in [0.15, 0.2) is 48.9 Å². The molecular formula is C23H25F3N8O. The third kappa shape index (κ3) is 4.11. The Kier molecular flexibility index (Phi) is 5.50. The fourth-order valence-electron chi connectivity index (χ4n) is 5.15. The van der Waals surface area contributed by atoms with Crippen LogP contribution in [0.5, 0.6) is 0 Å². The molecule has 1 saturated heterocycles. The molecular weight excluding hydrogens is 461 g/mol. The Balaban J connectivity index is 1.31. The average molecular weight is 487 g/mol. The Bertz CT molecular complexity index is 1200. The Morgan fingerprint density at radius 2 is 1.69 bits per heavy atom. The van der Waals surface area contributed by atoms with Gasteiger partial charge in [0.25, 0.3) is 5.95 Å². The predicted molar refractivity (Wildman–Crippen MR) is 121 cm³/mol. The summed E-state index contributed by atoms with van der Waals surface area (Å²) in [5, 5.41) is 9.72. The van der Waals surface area contributed by atoms with Gasteiger partial charge in [-0.25, -0.2) is 14.8 Å². The van der Waals surface area contributed by atoms with Crippen LogP contribution in [-0.2, 0) is 11.7 Å². The van der Waals surface area contributed by atoms with Gasteiger partial charge in [-0.1, -0.05) is 35.5 Å². The molecule has 2 amide bonds. The molecule has 3 heterocycles. The van der Waals surface area contributed by atoms with Gasteiger partial charge in [0.15, 0.2) is 5.69 Å². The zero-order valence-electron chi connectivity index (χ0n) is 19.3. The summed E-state index contributed by atoms with van der Waals surface area (Å²) in [5.41, 5.74) is 0.145. The molecule has 2 aromatic heterocycles. The number of nitrogens with zero attached hydrogens (tertiary/aromatic N) is 7. The van der Waals surface area contributed by atoms with Gasteiger partial charge >= 0.3 is 12.2 Å². The van der Waals surface area contributed by atoms with Crippen molar-refractivity contribution < 1.29 is 18.0 Å². The van der Waals surface area contributed by atoms with Crippen molar-refractivity contribution in [2.45, 2.75) is 42.9 Å². The van der Waals surface area contributed by atoms with Crippen LogP contribution in [0.2, 0.25) is 0 Å². The maximum absolute atomic E-state index is 12.9. The first-order valence-electron chi connectivity index (χ1n) is 11.3. The summed E-state index contributed by atoms with van der Waals surface area (Å²) in [6, 6.07) is 10.2. The summed E-state index contributed by atoms with van der Waals surface area (Å²) in [6.45, 7) is 0.467. The molecule has 35 heavy (non-hydrogen) atoms. The van der Waals surface area contributed by atoms with Crippen LogP contribution >= 0.6 is 0 Å². The first kappa shape index (κ1) is 23.2. The van der Waals surface area contributed by atoms with Crippen LogP contribution in [0.4, 0.5) is 23.7 Å². The average Bonchev–Trinajstić information content (AvgIpc) is 3.46. The van der Waals surface area contributed by atoms with Crippen LogP contribution in [0.25, 0.3) is 5.95 Å². The van der Waals surface area contributed by atoms with E-state index in [1.165, 1.54) is 18.0 Å². The number of carbonyl (C=O) groups excluding carboxylic acids is 1. The molecule has 2 aliphatic rings. The number of halogens is 3. The summed E-state index contributed by atoms with van der Waals surface area (Å²) >= 11 is 0. The number of alkyl halides is 3. The number of hydrogen-bond acceptors (Lipinski definition) is 6. The van der Waals surface area contributed by atoms with Crippen LogP contribution in [0, 0.1) is 0 Å². The highest BCUT2D eigenvalue weighted by Crippen LogP contribution is 2.46. The molecule has 184 valence electrons. The van der Waals surface area contributed by atoms with E-state index >= 15 is 0 Å². The first-order valence-corrected chi connectivity index (χ1v) is 11.3. The van der Waals surface area contributed by atoms with Gasteiger partial charge in [0, 0.05) is 5.54 Å². The van der Waals surface area contributed by atoms with E-state index in [4.69, 9.17) is 0 Å². The molecule has 0 bridgehead atoms. The van der Waals surface area contributed by atoms with Crippen molar-refractivity contribution >= 4 is 11.7 Å². The molecule has 1 aromatic carbocycles. The number of urea groups is 1. The minimum Gasteiger partial charge on any atom is -0.330 e. The van der Waals surface area contributed by atoms with Crippen molar-refractivity contribution in [3.63, 3.8) is 0 Å². The molecule has 0 radical (unpaired) electrons. The molecule has 0 atom stereocenters. The van der Waals surface area contributed by atoms with Crippen molar-refractivity contribution in [3.8, 4) is 5.95 Å². The lowest BCUT2D eigenvalue weighted by atomic mass is 9.69. The highest BCUT2D eigenvalue weighted by molar-refractivity contribution is 5.95. The molecule has 1 N–H and O–H groups in total. The zero-order valence-corrected chi connectivity index (χ0v) is 19.3. The Morgan fingerprint density at radius 3 is 2.26 bits per heavy atom. The standard InChI is InChI=1S/C23H25F3N8O/c1-32(2)22(16-6-4-3-5-7-16)10-8-21(9-11-22)15-33(20(35)29-21)17-12-27-19(28-13-17)34-14-18(30-31-34)23(24,25)26/h3-7,12-14H,8-11,15H2,1-2H3,(H,29,35)/t21-,22+. The molecule has 5 rings (SSSR count). The van der Waals surface area contributed by atoms with E-state index in [0.29, 0.717) is 12.2 Å². The summed E-state index contributed by atoms with van der Waals surface area (Å²) in [4.78, 5) is 24.9. The van der Waals surface area contributed by atoms with Gasteiger partial charge in [-0.2, -0.15) is 17.9 Å². The number of nitrogens with one attached hydrogen (secondary N) is 1. The highest BCUT2D eigenvalue weighted by atomic mass is 19.4. The topological polar surface area (TPSA) is 92.1 Å². The van der Waals surface area contributed by atoms with E-state index in [2.05, 4.69) is 68.9 Å². The van der Waals surface area contributed by atoms with Crippen molar-refractivity contribution in [2.24, 2.45) is 0 Å². The SMILES string of the molecule is CN(C)[C@]1(c2ccccc2)CC[C@]2(CC1)CN(c1cnc(-n3cc(C(F)(F)F)nn3)nc1)C(=O)N2. The molecule has 9 nitrogen and oxygen atoms in total. The number of aromatic nitrogens is 5. The fraction of sp³-hybridized carbons (Fsp3) is 0.435. The molecule has 12 heteroatoms. The van der Waals surface area contributed by atoms with E-state index in [-0.39, 0.29) is 23.1 Å². The molecule has 3 aromatic rings. The van der Waals surface area contributed by atoms with E-state index in [1.54, 1.807) is 4.90 Å². The predicted octanol–water partition coefficient (Wildman–Crippen LogP) is 3.38. The van der Waals surface area contributed by atoms with Gasteiger partial charge in [-0.05, 0) is 45.3 Å². The fourth-order valence-corrected chi connectivity index (χ4v) is 5.15. The maximum atomic E-state index is 12.9. The monoisotopic (exact) mass is 486 g/mol. The van der Waals surface area contributed by atoms with E-state index < -0.39 is 11.9 Å². The second-order valence-electron chi connectivity index (χ2n) is 9.38. The number of amides is 2. The lowest BCUT2D eigenvalue weighted by molar-refractivity contribution is -0.141. The van der Waals surface area contributed by atoms with Crippen molar-refractivity contribution in [2.75, 3.05) is 25.5 Å². The number of carbonyl (C=O) groups is 1. The largest absolute Gasteiger partial charge is 0.436 e. The first-order chi connectivity index (χ1) is 16.6. The van der Waals surface area contributed by atoms with Gasteiger partial charge in [0.2, 0.25) is 0 Å². The minimum atomic E-state index is -4.61. The molecule has 1 saturated carbocycles. The minimum absolute atomic E-state index is 0.0673. The number of benzene rings is 1. The molecule has 1 spiro atoms. The van der Waals surface area contributed by atoms with Crippen LogP contribution in [-0.4, -0.2) is 62.1 Å². The van der Waals surface area contributed by atoms with Gasteiger partial charge < -0.3 is 5.32 Å². The van der Waals surface area contributed by atoms with Crippen molar-refractivity contribution in [1.29, 1.82) is 0 Å². The van der Waals surface area contributed by atoms with Crippen LogP contribution in [0.3, 0.4) is 0 Å². The van der Waals surface area contributed by atoms with Gasteiger partial charge in [-0.15, -0.1) is 5.10 Å². The smallest absolute Gasteiger partial charge is 0.330 e. The van der Waals surface area contributed by atoms with Crippen molar-refractivity contribution in [1.82, 2.24) is 35.2 Å². The Morgan fingerprint density at radius 1 is 1.03 bits per heavy atom. The summed E-state index contributed by atoms with van der Waals surface area (Å²) < 4.78 is 39.2. The molecule has 2 fully saturated rings. The number of anilines is 1. The quantitative estimate of drug-likeness (QED) is 0.608.